The summed E-state index contributed by atoms with van der Waals surface area (Å²) in [6.45, 7) is 7.79. The molecular weight excluding hydrogens is 526 g/mol. The second-order valence-electron chi connectivity index (χ2n) is 10.9. The van der Waals surface area contributed by atoms with Crippen LogP contribution in [0.5, 0.6) is 5.75 Å². The number of amides is 3. The largest absolute Gasteiger partial charge is 0.497 e. The molecule has 1 aliphatic carbocycles. The fourth-order valence-corrected chi connectivity index (χ4v) is 6.62. The van der Waals surface area contributed by atoms with E-state index in [-0.39, 0.29) is 5.56 Å². The maximum atomic E-state index is 13.6. The number of benzene rings is 2. The molecule has 9 heteroatoms. The number of carboxylic acids is 1. The number of thiophene rings is 1. The van der Waals surface area contributed by atoms with E-state index in [0.29, 0.717) is 16.4 Å². The summed E-state index contributed by atoms with van der Waals surface area (Å²) in [5.74, 6) is -0.890. The predicted octanol–water partition coefficient (Wildman–Crippen LogP) is 7.15. The Balaban J connectivity index is 1.65. The molecule has 40 heavy (non-hydrogen) atoms. The lowest BCUT2D eigenvalue weighted by Crippen LogP contribution is -2.52. The molecule has 8 nitrogen and oxygen atoms in total. The predicted molar refractivity (Wildman–Crippen MR) is 160 cm³/mol. The first-order chi connectivity index (χ1) is 19.0. The van der Waals surface area contributed by atoms with Crippen LogP contribution in [0.4, 0.5) is 15.5 Å². The number of aryl methyl sites for hydroxylation is 3. The Morgan fingerprint density at radius 3 is 2.15 bits per heavy atom. The van der Waals surface area contributed by atoms with Gasteiger partial charge in [-0.2, -0.15) is 0 Å². The summed E-state index contributed by atoms with van der Waals surface area (Å²) in [5, 5.41) is 19.0. The zero-order chi connectivity index (χ0) is 29.0. The van der Waals surface area contributed by atoms with Gasteiger partial charge in [-0.05, 0) is 86.1 Å². The first kappa shape index (κ1) is 29.1. The van der Waals surface area contributed by atoms with Gasteiger partial charge in [-0.3, -0.25) is 10.1 Å². The smallest absolute Gasteiger partial charge is 0.326 e. The molecule has 2 aromatic carbocycles. The van der Waals surface area contributed by atoms with E-state index in [4.69, 9.17) is 4.74 Å². The second-order valence-corrected chi connectivity index (χ2v) is 11.9. The Bertz CT molecular complexity index is 1380. The molecule has 1 atom stereocenters. The van der Waals surface area contributed by atoms with Crippen molar-refractivity contribution < 1.29 is 24.2 Å². The molecule has 1 saturated carbocycles. The van der Waals surface area contributed by atoms with Gasteiger partial charge in [0.25, 0.3) is 5.91 Å². The third kappa shape index (κ3) is 6.47. The van der Waals surface area contributed by atoms with Crippen molar-refractivity contribution in [2.24, 2.45) is 5.41 Å². The van der Waals surface area contributed by atoms with Crippen molar-refractivity contribution in [3.05, 3.63) is 64.7 Å². The molecule has 1 aromatic heterocycles. The van der Waals surface area contributed by atoms with Crippen molar-refractivity contribution in [3.63, 3.8) is 0 Å². The van der Waals surface area contributed by atoms with Crippen LogP contribution in [0.15, 0.2) is 42.5 Å². The summed E-state index contributed by atoms with van der Waals surface area (Å²) in [7, 11) is 1.59. The average Bonchev–Trinajstić information content (AvgIpc) is 3.33. The third-order valence-corrected chi connectivity index (χ3v) is 8.81. The number of methoxy groups -OCH3 is 1. The van der Waals surface area contributed by atoms with Crippen molar-refractivity contribution in [3.8, 4) is 16.2 Å². The summed E-state index contributed by atoms with van der Waals surface area (Å²) in [4.78, 5) is 39.8. The number of ether oxygens (including phenoxy) is 1. The normalized spacial score (nSPS) is 15.1. The van der Waals surface area contributed by atoms with Crippen LogP contribution in [0.1, 0.15) is 66.1 Å². The molecule has 0 bridgehead atoms. The maximum absolute atomic E-state index is 13.6. The molecule has 0 spiro atoms. The second kappa shape index (κ2) is 12.1. The standard InChI is InChI=1S/C31H37N3O5S/c1-18-15-19(2)25(20(3)16-18)32-30(38)34-28-23(17-24(40-28)21-9-11-22(39-5)12-10-21)27(35)33-26(29(36)37)31(4)13-7-6-8-14-31/h9-12,15-17,26H,6-8,13-14H2,1-5H3,(H,33,35)(H,36,37)(H2,32,34,38)/t26-/m1/s1. The Kier molecular flexibility index (Phi) is 8.83. The Hall–Kier alpha value is -3.85. The Labute approximate surface area is 239 Å². The van der Waals surface area contributed by atoms with Crippen LogP contribution in [0, 0.1) is 26.2 Å². The molecule has 0 unspecified atom stereocenters. The van der Waals surface area contributed by atoms with Crippen LogP contribution in [-0.4, -0.2) is 36.2 Å². The number of carbonyl (C=O) groups excluding carboxylic acids is 2. The van der Waals surface area contributed by atoms with E-state index in [1.807, 2.05) is 64.1 Å². The van der Waals surface area contributed by atoms with E-state index in [1.54, 1.807) is 13.2 Å². The molecular formula is C31H37N3O5S. The Morgan fingerprint density at radius 2 is 1.57 bits per heavy atom. The number of carboxylic acid groups (broad SMARTS) is 1. The number of nitrogens with one attached hydrogen (secondary N) is 3. The van der Waals surface area contributed by atoms with Crippen molar-refractivity contribution in [2.45, 2.75) is 65.8 Å². The summed E-state index contributed by atoms with van der Waals surface area (Å²) in [6, 6.07) is 11.5. The van der Waals surface area contributed by atoms with E-state index >= 15 is 0 Å². The molecule has 0 aliphatic heterocycles. The number of urea groups is 1. The molecule has 4 N–H and O–H groups in total. The van der Waals surface area contributed by atoms with Gasteiger partial charge in [-0.1, -0.05) is 43.9 Å². The number of anilines is 2. The number of hydrogen-bond donors (Lipinski definition) is 4. The highest BCUT2D eigenvalue weighted by atomic mass is 32.1. The van der Waals surface area contributed by atoms with Crippen molar-refractivity contribution in [1.82, 2.24) is 5.32 Å². The van der Waals surface area contributed by atoms with Crippen LogP contribution in [-0.2, 0) is 4.79 Å². The zero-order valence-corrected chi connectivity index (χ0v) is 24.5. The van der Waals surface area contributed by atoms with Gasteiger partial charge in [0.2, 0.25) is 0 Å². The van der Waals surface area contributed by atoms with Crippen molar-refractivity contribution in [2.75, 3.05) is 17.7 Å². The van der Waals surface area contributed by atoms with Crippen LogP contribution < -0.4 is 20.7 Å². The molecule has 0 saturated heterocycles. The van der Waals surface area contributed by atoms with Gasteiger partial charge >= 0.3 is 12.0 Å². The lowest BCUT2D eigenvalue weighted by molar-refractivity contribution is -0.143. The Morgan fingerprint density at radius 1 is 0.950 bits per heavy atom. The monoisotopic (exact) mass is 563 g/mol. The average molecular weight is 564 g/mol. The van der Waals surface area contributed by atoms with E-state index in [2.05, 4.69) is 16.0 Å². The minimum atomic E-state index is -1.05. The van der Waals surface area contributed by atoms with Gasteiger partial charge in [-0.25, -0.2) is 9.59 Å². The molecule has 212 valence electrons. The summed E-state index contributed by atoms with van der Waals surface area (Å²) < 4.78 is 5.26. The van der Waals surface area contributed by atoms with Crippen molar-refractivity contribution in [1.29, 1.82) is 0 Å². The summed E-state index contributed by atoms with van der Waals surface area (Å²) >= 11 is 1.25. The van der Waals surface area contributed by atoms with Crippen molar-refractivity contribution >= 4 is 39.9 Å². The van der Waals surface area contributed by atoms with Crippen LogP contribution in [0.3, 0.4) is 0 Å². The zero-order valence-electron chi connectivity index (χ0n) is 23.6. The minimum absolute atomic E-state index is 0.217. The molecule has 0 radical (unpaired) electrons. The molecule has 1 heterocycles. The number of rotatable bonds is 8. The van der Waals surface area contributed by atoms with E-state index in [1.165, 1.54) is 11.3 Å². The third-order valence-electron chi connectivity index (χ3n) is 7.71. The van der Waals surface area contributed by atoms with E-state index in [0.717, 1.165) is 59.2 Å². The van der Waals surface area contributed by atoms with Gasteiger partial charge in [0, 0.05) is 10.6 Å². The highest BCUT2D eigenvalue weighted by molar-refractivity contribution is 7.20. The molecule has 1 fully saturated rings. The SMILES string of the molecule is COc1ccc(-c2cc(C(=O)N[C@H](C(=O)O)C3(C)CCCCC3)c(NC(=O)Nc3c(C)cc(C)cc3C)s2)cc1. The van der Waals surface area contributed by atoms with Gasteiger partial charge in [-0.15, -0.1) is 11.3 Å². The quantitative estimate of drug-likeness (QED) is 0.232. The fraction of sp³-hybridized carbons (Fsp3) is 0.387. The number of hydrogen-bond acceptors (Lipinski definition) is 5. The van der Waals surface area contributed by atoms with E-state index in [9.17, 15) is 19.5 Å². The number of carbonyl (C=O) groups is 3. The van der Waals surface area contributed by atoms with Gasteiger partial charge in [0.05, 0.1) is 12.7 Å². The molecule has 4 rings (SSSR count). The summed E-state index contributed by atoms with van der Waals surface area (Å²) in [5.41, 5.74) is 4.18. The van der Waals surface area contributed by atoms with Crippen LogP contribution >= 0.6 is 11.3 Å². The minimum Gasteiger partial charge on any atom is -0.497 e. The van der Waals surface area contributed by atoms with Gasteiger partial charge < -0.3 is 20.5 Å². The highest BCUT2D eigenvalue weighted by Crippen LogP contribution is 2.40. The molecule has 3 aromatic rings. The molecule has 1 aliphatic rings. The van der Waals surface area contributed by atoms with Crippen LogP contribution in [0.2, 0.25) is 0 Å². The topological polar surface area (TPSA) is 117 Å². The fourth-order valence-electron chi connectivity index (χ4n) is 5.57. The van der Waals surface area contributed by atoms with Gasteiger partial charge in [0.1, 0.15) is 16.8 Å². The highest BCUT2D eigenvalue weighted by Gasteiger charge is 2.41. The lowest BCUT2D eigenvalue weighted by Gasteiger charge is -2.38. The van der Waals surface area contributed by atoms with E-state index < -0.39 is 29.4 Å². The lowest BCUT2D eigenvalue weighted by atomic mass is 9.70. The number of aliphatic carboxylic acids is 1. The van der Waals surface area contributed by atoms with Gasteiger partial charge in [0.15, 0.2) is 0 Å². The first-order valence-electron chi connectivity index (χ1n) is 13.5. The summed E-state index contributed by atoms with van der Waals surface area (Å²) in [6.07, 6.45) is 4.39. The first-order valence-corrected chi connectivity index (χ1v) is 14.3. The van der Waals surface area contributed by atoms with Crippen LogP contribution in [0.25, 0.3) is 10.4 Å². The maximum Gasteiger partial charge on any atom is 0.326 e. The molecule has 3 amide bonds.